The molecule has 0 aliphatic rings. The quantitative estimate of drug-likeness (QED) is 0.419. The largest absolute Gasteiger partial charge is 0.331 e. The third-order valence-electron chi connectivity index (χ3n) is 2.91. The number of carbonyl (C=O) groups excluding carboxylic acids is 2. The van der Waals surface area contributed by atoms with Crippen LogP contribution in [0.3, 0.4) is 0 Å². The Hall–Kier alpha value is -3.20. The maximum atomic E-state index is 11.7. The SMILES string of the molecule is Cc1ccc(NC(=O)NCC(=O)NNC(=S)Nc2ccccc2)nc1. The Labute approximate surface area is 150 Å². The van der Waals surface area contributed by atoms with Crippen LogP contribution >= 0.6 is 12.2 Å². The van der Waals surface area contributed by atoms with E-state index < -0.39 is 11.9 Å². The first-order chi connectivity index (χ1) is 12.0. The number of hydrogen-bond acceptors (Lipinski definition) is 4. The fourth-order valence-electron chi connectivity index (χ4n) is 1.72. The van der Waals surface area contributed by atoms with E-state index in [4.69, 9.17) is 12.2 Å². The standard InChI is InChI=1S/C16H18N6O2S/c1-11-7-8-13(17-9-11)20-15(24)18-10-14(23)21-22-16(25)19-12-5-3-2-4-6-12/h2-9H,10H2,1H3,(H,21,23)(H2,19,22,25)(H2,17,18,20,24). The first kappa shape index (κ1) is 18.1. The molecule has 25 heavy (non-hydrogen) atoms. The molecule has 0 bridgehead atoms. The number of amides is 3. The Morgan fingerprint density at radius 3 is 2.48 bits per heavy atom. The number of carbonyl (C=O) groups is 2. The summed E-state index contributed by atoms with van der Waals surface area (Å²) in [5.41, 5.74) is 6.70. The number of para-hydroxylation sites is 1. The van der Waals surface area contributed by atoms with Gasteiger partial charge in [-0.25, -0.2) is 9.78 Å². The van der Waals surface area contributed by atoms with E-state index in [2.05, 4.69) is 31.8 Å². The van der Waals surface area contributed by atoms with Gasteiger partial charge in [0, 0.05) is 11.9 Å². The fraction of sp³-hybridized carbons (Fsp3) is 0.125. The Morgan fingerprint density at radius 2 is 1.80 bits per heavy atom. The Balaban J connectivity index is 1.65. The molecule has 2 aromatic rings. The highest BCUT2D eigenvalue weighted by Crippen LogP contribution is 2.04. The highest BCUT2D eigenvalue weighted by molar-refractivity contribution is 7.80. The maximum Gasteiger partial charge on any atom is 0.320 e. The molecule has 8 nitrogen and oxygen atoms in total. The van der Waals surface area contributed by atoms with Crippen LogP contribution in [-0.2, 0) is 4.79 Å². The van der Waals surface area contributed by atoms with Crippen molar-refractivity contribution in [3.63, 3.8) is 0 Å². The summed E-state index contributed by atoms with van der Waals surface area (Å²) in [6.45, 7) is 1.67. The van der Waals surface area contributed by atoms with Crippen LogP contribution in [0.25, 0.3) is 0 Å². The van der Waals surface area contributed by atoms with Crippen LogP contribution < -0.4 is 26.8 Å². The van der Waals surface area contributed by atoms with Crippen LogP contribution in [-0.4, -0.2) is 28.6 Å². The van der Waals surface area contributed by atoms with E-state index in [1.165, 1.54) is 0 Å². The molecule has 1 aromatic carbocycles. The van der Waals surface area contributed by atoms with Gasteiger partial charge in [-0.05, 0) is 42.9 Å². The number of hydrazine groups is 1. The van der Waals surface area contributed by atoms with Gasteiger partial charge in [0.05, 0.1) is 0 Å². The van der Waals surface area contributed by atoms with Crippen LogP contribution in [0, 0.1) is 6.92 Å². The average molecular weight is 358 g/mol. The molecule has 2 rings (SSSR count). The first-order valence-electron chi connectivity index (χ1n) is 7.41. The minimum absolute atomic E-state index is 0.224. The van der Waals surface area contributed by atoms with Crippen LogP contribution in [0.4, 0.5) is 16.3 Å². The van der Waals surface area contributed by atoms with Crippen molar-refractivity contribution in [1.29, 1.82) is 0 Å². The van der Waals surface area contributed by atoms with E-state index in [0.717, 1.165) is 11.3 Å². The van der Waals surface area contributed by atoms with E-state index >= 15 is 0 Å². The summed E-state index contributed by atoms with van der Waals surface area (Å²) in [7, 11) is 0. The van der Waals surface area contributed by atoms with Crippen molar-refractivity contribution in [2.24, 2.45) is 0 Å². The number of urea groups is 1. The van der Waals surface area contributed by atoms with Gasteiger partial charge in [0.15, 0.2) is 5.11 Å². The molecule has 5 N–H and O–H groups in total. The second-order valence-corrected chi connectivity index (χ2v) is 5.43. The molecule has 1 heterocycles. The fourth-order valence-corrected chi connectivity index (χ4v) is 1.89. The van der Waals surface area contributed by atoms with Gasteiger partial charge in [-0.1, -0.05) is 24.3 Å². The molecule has 0 fully saturated rings. The molecular weight excluding hydrogens is 340 g/mol. The summed E-state index contributed by atoms with van der Waals surface area (Å²) < 4.78 is 0. The normalized spacial score (nSPS) is 9.64. The summed E-state index contributed by atoms with van der Waals surface area (Å²) >= 11 is 5.04. The van der Waals surface area contributed by atoms with Gasteiger partial charge in [0.2, 0.25) is 0 Å². The van der Waals surface area contributed by atoms with Gasteiger partial charge in [-0.2, -0.15) is 0 Å². The van der Waals surface area contributed by atoms with Crippen molar-refractivity contribution in [3.8, 4) is 0 Å². The van der Waals surface area contributed by atoms with Crippen molar-refractivity contribution < 1.29 is 9.59 Å². The lowest BCUT2D eigenvalue weighted by Crippen LogP contribution is -2.48. The number of nitrogens with zero attached hydrogens (tertiary/aromatic N) is 1. The zero-order valence-electron chi connectivity index (χ0n) is 13.5. The van der Waals surface area contributed by atoms with E-state index in [9.17, 15) is 9.59 Å². The molecule has 0 radical (unpaired) electrons. The van der Waals surface area contributed by atoms with Crippen LogP contribution in [0.15, 0.2) is 48.7 Å². The Bertz CT molecular complexity index is 736. The first-order valence-corrected chi connectivity index (χ1v) is 7.82. The molecule has 0 aliphatic heterocycles. The number of anilines is 2. The summed E-state index contributed by atoms with van der Waals surface area (Å²) in [5.74, 6) is -0.0564. The number of aryl methyl sites for hydroxylation is 1. The lowest BCUT2D eigenvalue weighted by atomic mass is 10.3. The van der Waals surface area contributed by atoms with Crippen LogP contribution in [0.1, 0.15) is 5.56 Å². The van der Waals surface area contributed by atoms with Crippen molar-refractivity contribution >= 4 is 40.8 Å². The molecule has 0 saturated heterocycles. The molecule has 0 aliphatic carbocycles. The average Bonchev–Trinajstić information content (AvgIpc) is 2.61. The molecule has 0 spiro atoms. The lowest BCUT2D eigenvalue weighted by Gasteiger charge is -2.12. The van der Waals surface area contributed by atoms with Crippen LogP contribution in [0.2, 0.25) is 0 Å². The number of nitrogens with one attached hydrogen (secondary N) is 5. The summed E-state index contributed by atoms with van der Waals surface area (Å²) in [6, 6.07) is 12.2. The van der Waals surface area contributed by atoms with Crippen molar-refractivity contribution in [1.82, 2.24) is 21.2 Å². The smallest absolute Gasteiger partial charge is 0.320 e. The Morgan fingerprint density at radius 1 is 1.04 bits per heavy atom. The zero-order valence-corrected chi connectivity index (χ0v) is 14.3. The van der Waals surface area contributed by atoms with Gasteiger partial charge in [-0.15, -0.1) is 0 Å². The number of pyridine rings is 1. The molecule has 0 unspecified atom stereocenters. The van der Waals surface area contributed by atoms with Crippen LogP contribution in [0.5, 0.6) is 0 Å². The number of hydrogen-bond donors (Lipinski definition) is 5. The highest BCUT2D eigenvalue weighted by Gasteiger charge is 2.06. The number of rotatable bonds is 4. The van der Waals surface area contributed by atoms with E-state index in [1.807, 2.05) is 43.3 Å². The summed E-state index contributed by atoms with van der Waals surface area (Å²) in [6.07, 6.45) is 1.63. The van der Waals surface area contributed by atoms with Crippen molar-refractivity contribution in [2.75, 3.05) is 17.2 Å². The minimum atomic E-state index is -0.531. The molecule has 1 aromatic heterocycles. The van der Waals surface area contributed by atoms with Crippen molar-refractivity contribution in [2.45, 2.75) is 6.92 Å². The zero-order chi connectivity index (χ0) is 18.1. The Kier molecular flexibility index (Phi) is 6.66. The highest BCUT2D eigenvalue weighted by atomic mass is 32.1. The second-order valence-electron chi connectivity index (χ2n) is 5.02. The van der Waals surface area contributed by atoms with Gasteiger partial charge in [0.25, 0.3) is 5.91 Å². The van der Waals surface area contributed by atoms with E-state index in [0.29, 0.717) is 5.82 Å². The van der Waals surface area contributed by atoms with Gasteiger partial charge >= 0.3 is 6.03 Å². The molecule has 0 saturated carbocycles. The van der Waals surface area contributed by atoms with Gasteiger partial charge in [0.1, 0.15) is 12.4 Å². The second kappa shape index (κ2) is 9.18. The van der Waals surface area contributed by atoms with Crippen molar-refractivity contribution in [3.05, 3.63) is 54.2 Å². The molecule has 0 atom stereocenters. The number of aromatic nitrogens is 1. The predicted octanol–water partition coefficient (Wildman–Crippen LogP) is 1.53. The monoisotopic (exact) mass is 358 g/mol. The summed E-state index contributed by atoms with van der Waals surface area (Å²) in [5, 5.41) is 8.06. The maximum absolute atomic E-state index is 11.7. The number of benzene rings is 1. The van der Waals surface area contributed by atoms with E-state index in [-0.39, 0.29) is 11.7 Å². The molecule has 9 heteroatoms. The lowest BCUT2D eigenvalue weighted by molar-refractivity contribution is -0.120. The topological polar surface area (TPSA) is 107 Å². The molecular formula is C16H18N6O2S. The number of thiocarbonyl (C=S) groups is 1. The molecule has 130 valence electrons. The third kappa shape index (κ3) is 6.83. The molecule has 3 amide bonds. The minimum Gasteiger partial charge on any atom is -0.331 e. The van der Waals surface area contributed by atoms with Gasteiger partial charge < -0.3 is 10.6 Å². The predicted molar refractivity (Wildman–Crippen MR) is 99.9 cm³/mol. The summed E-state index contributed by atoms with van der Waals surface area (Å²) in [4.78, 5) is 27.4. The third-order valence-corrected chi connectivity index (χ3v) is 3.11. The van der Waals surface area contributed by atoms with E-state index in [1.54, 1.807) is 12.3 Å². The van der Waals surface area contributed by atoms with Gasteiger partial charge in [-0.3, -0.25) is 21.0 Å².